The van der Waals surface area contributed by atoms with Gasteiger partial charge >= 0.3 is 0 Å². The second-order valence-electron chi connectivity index (χ2n) is 6.22. The van der Waals surface area contributed by atoms with E-state index in [2.05, 4.69) is 22.2 Å². The van der Waals surface area contributed by atoms with Crippen LogP contribution in [0.1, 0.15) is 15.6 Å². The summed E-state index contributed by atoms with van der Waals surface area (Å²) in [6, 6.07) is 3.82. The molecule has 0 aliphatic rings. The average Bonchev–Trinajstić information content (AvgIpc) is 3.26. The maximum atomic E-state index is 11.9. The summed E-state index contributed by atoms with van der Waals surface area (Å²) in [5.41, 5.74) is 0. The lowest BCUT2D eigenvalue weighted by molar-refractivity contribution is -0.127. The summed E-state index contributed by atoms with van der Waals surface area (Å²) in [6.07, 6.45) is 5.16. The van der Waals surface area contributed by atoms with Crippen LogP contribution in [0.25, 0.3) is 0 Å². The van der Waals surface area contributed by atoms with Gasteiger partial charge in [-0.25, -0.2) is 9.98 Å². The van der Waals surface area contributed by atoms with Crippen LogP contribution in [-0.4, -0.2) is 67.4 Å². The highest BCUT2D eigenvalue weighted by Crippen LogP contribution is 2.11. The SMILES string of the molecule is Cc1cnc(CCN(C)C(=NCC(=O)N(C)C)NCCc2ccco2)s1.I. The zero-order chi connectivity index (χ0) is 18.9. The Morgan fingerprint density at radius 2 is 2.11 bits per heavy atom. The van der Waals surface area contributed by atoms with Crippen LogP contribution in [0.3, 0.4) is 0 Å². The number of rotatable bonds is 8. The summed E-state index contributed by atoms with van der Waals surface area (Å²) in [5, 5.41) is 4.43. The number of amides is 1. The Balaban J connectivity index is 0.00000364. The fraction of sp³-hybridized carbons (Fsp3) is 0.500. The number of furan rings is 1. The summed E-state index contributed by atoms with van der Waals surface area (Å²) in [7, 11) is 5.44. The number of aryl methyl sites for hydroxylation is 1. The molecule has 2 aromatic rings. The molecule has 1 N–H and O–H groups in total. The number of nitrogens with one attached hydrogen (secondary N) is 1. The number of carbonyl (C=O) groups excluding carboxylic acids is 1. The molecule has 1 amide bonds. The van der Waals surface area contributed by atoms with Crippen molar-refractivity contribution in [1.29, 1.82) is 0 Å². The number of carbonyl (C=O) groups is 1. The van der Waals surface area contributed by atoms with E-state index in [-0.39, 0.29) is 36.4 Å². The molecule has 0 aromatic carbocycles. The van der Waals surface area contributed by atoms with Crippen LogP contribution in [0, 0.1) is 6.92 Å². The van der Waals surface area contributed by atoms with Gasteiger partial charge in [-0.1, -0.05) is 0 Å². The van der Waals surface area contributed by atoms with E-state index in [1.165, 1.54) is 4.88 Å². The molecule has 0 saturated carbocycles. The van der Waals surface area contributed by atoms with E-state index in [0.717, 1.165) is 30.2 Å². The Bertz CT molecular complexity index is 715. The van der Waals surface area contributed by atoms with Gasteiger partial charge in [-0.2, -0.15) is 0 Å². The number of thiazole rings is 1. The van der Waals surface area contributed by atoms with Crippen molar-refractivity contribution < 1.29 is 9.21 Å². The van der Waals surface area contributed by atoms with Crippen molar-refractivity contribution in [2.45, 2.75) is 19.8 Å². The summed E-state index contributed by atoms with van der Waals surface area (Å²) >= 11 is 1.71. The van der Waals surface area contributed by atoms with Gasteiger partial charge in [0.25, 0.3) is 0 Å². The highest BCUT2D eigenvalue weighted by atomic mass is 127. The van der Waals surface area contributed by atoms with Gasteiger partial charge in [0, 0.05) is 58.1 Å². The van der Waals surface area contributed by atoms with Crippen molar-refractivity contribution >= 4 is 47.2 Å². The molecule has 0 saturated heterocycles. The molecule has 0 spiro atoms. The van der Waals surface area contributed by atoms with Gasteiger partial charge in [-0.05, 0) is 19.1 Å². The molecule has 0 atom stereocenters. The van der Waals surface area contributed by atoms with Gasteiger partial charge in [0.2, 0.25) is 5.91 Å². The molecule has 0 fully saturated rings. The number of likely N-dealkylation sites (N-methyl/N-ethyl adjacent to an activating group) is 2. The molecule has 27 heavy (non-hydrogen) atoms. The van der Waals surface area contributed by atoms with Crippen LogP contribution < -0.4 is 5.32 Å². The number of nitrogens with zero attached hydrogens (tertiary/aromatic N) is 4. The maximum Gasteiger partial charge on any atom is 0.243 e. The Hall–Kier alpha value is -1.62. The summed E-state index contributed by atoms with van der Waals surface area (Å²) < 4.78 is 5.35. The zero-order valence-corrected chi connectivity index (χ0v) is 19.4. The van der Waals surface area contributed by atoms with E-state index in [9.17, 15) is 4.79 Å². The summed E-state index contributed by atoms with van der Waals surface area (Å²) in [6.45, 7) is 3.64. The summed E-state index contributed by atoms with van der Waals surface area (Å²) in [5.74, 6) is 1.60. The first-order valence-corrected chi connectivity index (χ1v) is 9.40. The fourth-order valence-electron chi connectivity index (χ4n) is 2.23. The second kappa shape index (κ2) is 12.0. The van der Waals surface area contributed by atoms with Gasteiger partial charge in [0.15, 0.2) is 5.96 Å². The third kappa shape index (κ3) is 8.29. The monoisotopic (exact) mass is 505 g/mol. The predicted molar refractivity (Wildman–Crippen MR) is 120 cm³/mol. The summed E-state index contributed by atoms with van der Waals surface area (Å²) in [4.78, 5) is 25.5. The standard InChI is InChI=1S/C18H27N5O2S.HI/c1-14-12-20-16(26-14)8-10-23(4)18(21-13-17(24)22(2)3)19-9-7-15-6-5-11-25-15;/h5-6,11-12H,7-10,13H2,1-4H3,(H,19,21);1H. The molecule has 0 bridgehead atoms. The van der Waals surface area contributed by atoms with Crippen molar-refractivity contribution in [3.05, 3.63) is 40.2 Å². The quantitative estimate of drug-likeness (QED) is 0.339. The Kier molecular flexibility index (Phi) is 10.4. The van der Waals surface area contributed by atoms with E-state index in [0.29, 0.717) is 12.5 Å². The van der Waals surface area contributed by atoms with E-state index in [4.69, 9.17) is 4.42 Å². The number of hydrogen-bond donors (Lipinski definition) is 1. The minimum atomic E-state index is -0.0284. The first-order chi connectivity index (χ1) is 12.5. The van der Waals surface area contributed by atoms with Crippen molar-refractivity contribution in [1.82, 2.24) is 20.1 Å². The number of aromatic nitrogens is 1. The van der Waals surface area contributed by atoms with Crippen molar-refractivity contribution in [3.63, 3.8) is 0 Å². The molecule has 150 valence electrons. The number of hydrogen-bond acceptors (Lipinski definition) is 5. The minimum absolute atomic E-state index is 0. The van der Waals surface area contributed by atoms with E-state index in [1.54, 1.807) is 36.6 Å². The molecule has 7 nitrogen and oxygen atoms in total. The third-order valence-electron chi connectivity index (χ3n) is 3.79. The molecule has 0 radical (unpaired) electrons. The van der Waals surface area contributed by atoms with Crippen molar-refractivity contribution in [2.24, 2.45) is 4.99 Å². The van der Waals surface area contributed by atoms with Crippen LogP contribution in [0.2, 0.25) is 0 Å². The third-order valence-corrected chi connectivity index (χ3v) is 4.76. The van der Waals surface area contributed by atoms with Crippen LogP contribution in [0.4, 0.5) is 0 Å². The molecule has 0 unspecified atom stereocenters. The number of aliphatic imine (C=N–C) groups is 1. The van der Waals surface area contributed by atoms with E-state index < -0.39 is 0 Å². The molecular weight excluding hydrogens is 477 g/mol. The van der Waals surface area contributed by atoms with Crippen LogP contribution in [0.15, 0.2) is 34.0 Å². The van der Waals surface area contributed by atoms with Crippen molar-refractivity contribution in [3.8, 4) is 0 Å². The van der Waals surface area contributed by atoms with Gasteiger partial charge in [0.1, 0.15) is 12.3 Å². The predicted octanol–water partition coefficient (Wildman–Crippen LogP) is 2.41. The molecule has 0 aliphatic carbocycles. The zero-order valence-electron chi connectivity index (χ0n) is 16.3. The second-order valence-corrected chi connectivity index (χ2v) is 7.54. The van der Waals surface area contributed by atoms with Crippen LogP contribution in [-0.2, 0) is 17.6 Å². The first-order valence-electron chi connectivity index (χ1n) is 8.59. The highest BCUT2D eigenvalue weighted by molar-refractivity contribution is 14.0. The van der Waals surface area contributed by atoms with E-state index in [1.807, 2.05) is 30.3 Å². The van der Waals surface area contributed by atoms with Gasteiger partial charge in [-0.15, -0.1) is 35.3 Å². The number of guanidine groups is 1. The maximum absolute atomic E-state index is 11.9. The molecule has 2 aromatic heterocycles. The van der Waals surface area contributed by atoms with Gasteiger partial charge in [-0.3, -0.25) is 4.79 Å². The van der Waals surface area contributed by atoms with Gasteiger partial charge < -0.3 is 19.5 Å². The minimum Gasteiger partial charge on any atom is -0.469 e. The Morgan fingerprint density at radius 3 is 2.70 bits per heavy atom. The molecule has 9 heteroatoms. The van der Waals surface area contributed by atoms with Crippen molar-refractivity contribution in [2.75, 3.05) is 40.8 Å². The lowest BCUT2D eigenvalue weighted by Crippen LogP contribution is -2.41. The largest absolute Gasteiger partial charge is 0.469 e. The Labute approximate surface area is 181 Å². The number of halogens is 1. The first kappa shape index (κ1) is 23.4. The molecule has 2 rings (SSSR count). The highest BCUT2D eigenvalue weighted by Gasteiger charge is 2.10. The van der Waals surface area contributed by atoms with E-state index >= 15 is 0 Å². The fourth-order valence-corrected chi connectivity index (χ4v) is 3.01. The molecular formula is C18H28IN5O2S. The average molecular weight is 505 g/mol. The molecule has 0 aliphatic heterocycles. The normalized spacial score (nSPS) is 11.0. The molecule has 2 heterocycles. The lowest BCUT2D eigenvalue weighted by Gasteiger charge is -2.22. The van der Waals surface area contributed by atoms with Crippen LogP contribution in [0.5, 0.6) is 0 Å². The smallest absolute Gasteiger partial charge is 0.243 e. The topological polar surface area (TPSA) is 74.0 Å². The Morgan fingerprint density at radius 1 is 1.33 bits per heavy atom. The van der Waals surface area contributed by atoms with Crippen LogP contribution >= 0.6 is 35.3 Å². The lowest BCUT2D eigenvalue weighted by atomic mass is 10.3. The van der Waals surface area contributed by atoms with Gasteiger partial charge in [0.05, 0.1) is 11.3 Å².